The van der Waals surface area contributed by atoms with Crippen LogP contribution in [-0.2, 0) is 4.74 Å². The first kappa shape index (κ1) is 15.2. The maximum absolute atomic E-state index is 6.22. The van der Waals surface area contributed by atoms with E-state index < -0.39 is 0 Å². The number of nitrogens with zero attached hydrogens (tertiary/aromatic N) is 2. The van der Waals surface area contributed by atoms with Gasteiger partial charge in [0.25, 0.3) is 0 Å². The Morgan fingerprint density at radius 1 is 1.37 bits per heavy atom. The summed E-state index contributed by atoms with van der Waals surface area (Å²) in [5.41, 5.74) is 6.39. The molecule has 2 saturated heterocycles. The summed E-state index contributed by atoms with van der Waals surface area (Å²) in [6.45, 7) is 9.75. The average molecular weight is 269 g/mol. The maximum atomic E-state index is 6.22. The van der Waals surface area contributed by atoms with Crippen molar-refractivity contribution in [3.8, 4) is 0 Å². The van der Waals surface area contributed by atoms with E-state index in [2.05, 4.69) is 30.7 Å². The summed E-state index contributed by atoms with van der Waals surface area (Å²) in [6, 6.07) is 0.589. The van der Waals surface area contributed by atoms with Crippen molar-refractivity contribution in [2.75, 3.05) is 39.8 Å². The van der Waals surface area contributed by atoms with E-state index in [0.29, 0.717) is 12.1 Å². The Balaban J connectivity index is 2.14. The molecule has 2 aliphatic heterocycles. The van der Waals surface area contributed by atoms with Gasteiger partial charge in [-0.25, -0.2) is 0 Å². The molecule has 0 amide bonds. The molecule has 0 aliphatic carbocycles. The summed E-state index contributed by atoms with van der Waals surface area (Å²) >= 11 is 0. The van der Waals surface area contributed by atoms with Gasteiger partial charge in [0, 0.05) is 37.8 Å². The van der Waals surface area contributed by atoms with Gasteiger partial charge in [-0.05, 0) is 46.2 Å². The molecule has 0 aromatic carbocycles. The van der Waals surface area contributed by atoms with Gasteiger partial charge < -0.3 is 15.4 Å². The molecule has 2 heterocycles. The first-order chi connectivity index (χ1) is 9.11. The Bertz CT molecular complexity index is 287. The second-order valence-electron chi connectivity index (χ2n) is 6.44. The third-order valence-corrected chi connectivity index (χ3v) is 5.02. The molecule has 3 unspecified atom stereocenters. The van der Waals surface area contributed by atoms with Gasteiger partial charge in [-0.15, -0.1) is 0 Å². The Morgan fingerprint density at radius 3 is 2.84 bits per heavy atom. The van der Waals surface area contributed by atoms with Crippen LogP contribution in [0.5, 0.6) is 0 Å². The number of ether oxygens (including phenoxy) is 1. The molecule has 0 aromatic heterocycles. The number of nitrogens with two attached hydrogens (primary N) is 1. The summed E-state index contributed by atoms with van der Waals surface area (Å²) < 4.78 is 5.87. The second kappa shape index (κ2) is 6.53. The fourth-order valence-corrected chi connectivity index (χ4v) is 3.90. The summed E-state index contributed by atoms with van der Waals surface area (Å²) in [4.78, 5) is 5.15. The predicted octanol–water partition coefficient (Wildman–Crippen LogP) is 1.30. The SMILES string of the molecule is CCC1CC(CN)(N2CCCN(C)CC2C)CCO1. The largest absolute Gasteiger partial charge is 0.378 e. The molecule has 3 atom stereocenters. The van der Waals surface area contributed by atoms with E-state index in [4.69, 9.17) is 10.5 Å². The molecule has 19 heavy (non-hydrogen) atoms. The fraction of sp³-hybridized carbons (Fsp3) is 1.00. The molecule has 112 valence electrons. The quantitative estimate of drug-likeness (QED) is 0.838. The Hall–Kier alpha value is -0.160. The van der Waals surface area contributed by atoms with Gasteiger partial charge in [0.05, 0.1) is 6.10 Å². The van der Waals surface area contributed by atoms with Crippen molar-refractivity contribution in [1.29, 1.82) is 0 Å². The standard InChI is InChI=1S/C15H31N3O/c1-4-14-10-15(12-16,6-9-19-14)18-8-5-7-17(3)11-13(18)2/h13-14H,4-12,16H2,1-3H3. The van der Waals surface area contributed by atoms with Gasteiger partial charge in [0.1, 0.15) is 0 Å². The molecule has 4 heteroatoms. The lowest BCUT2D eigenvalue weighted by molar-refractivity contribution is -0.0816. The van der Waals surface area contributed by atoms with Crippen molar-refractivity contribution in [3.05, 3.63) is 0 Å². The van der Waals surface area contributed by atoms with Gasteiger partial charge in [0.15, 0.2) is 0 Å². The van der Waals surface area contributed by atoms with E-state index in [1.54, 1.807) is 0 Å². The molecule has 0 spiro atoms. The van der Waals surface area contributed by atoms with Gasteiger partial charge >= 0.3 is 0 Å². The zero-order valence-electron chi connectivity index (χ0n) is 12.9. The highest BCUT2D eigenvalue weighted by Gasteiger charge is 2.42. The van der Waals surface area contributed by atoms with Crippen LogP contribution in [0.15, 0.2) is 0 Å². The minimum Gasteiger partial charge on any atom is -0.378 e. The Kier molecular flexibility index (Phi) is 5.23. The maximum Gasteiger partial charge on any atom is 0.0590 e. The molecule has 0 radical (unpaired) electrons. The van der Waals surface area contributed by atoms with Crippen LogP contribution in [0.4, 0.5) is 0 Å². The van der Waals surface area contributed by atoms with Crippen molar-refractivity contribution in [1.82, 2.24) is 9.80 Å². The van der Waals surface area contributed by atoms with E-state index in [0.717, 1.165) is 39.0 Å². The van der Waals surface area contributed by atoms with Crippen molar-refractivity contribution in [2.24, 2.45) is 5.73 Å². The van der Waals surface area contributed by atoms with Crippen LogP contribution in [0.2, 0.25) is 0 Å². The molecule has 0 aromatic rings. The monoisotopic (exact) mass is 269 g/mol. The van der Waals surface area contributed by atoms with E-state index >= 15 is 0 Å². The number of likely N-dealkylation sites (N-methyl/N-ethyl adjacent to an activating group) is 1. The van der Waals surface area contributed by atoms with Gasteiger partial charge in [-0.2, -0.15) is 0 Å². The van der Waals surface area contributed by atoms with Crippen LogP contribution >= 0.6 is 0 Å². The molecular weight excluding hydrogens is 238 g/mol. The minimum atomic E-state index is 0.170. The number of hydrogen-bond acceptors (Lipinski definition) is 4. The molecule has 0 bridgehead atoms. The van der Waals surface area contributed by atoms with E-state index in [-0.39, 0.29) is 5.54 Å². The molecule has 4 nitrogen and oxygen atoms in total. The highest BCUT2D eigenvalue weighted by Crippen LogP contribution is 2.34. The Labute approximate surface area is 118 Å². The third-order valence-electron chi connectivity index (χ3n) is 5.02. The first-order valence-corrected chi connectivity index (χ1v) is 7.88. The summed E-state index contributed by atoms with van der Waals surface area (Å²) in [7, 11) is 2.23. The van der Waals surface area contributed by atoms with E-state index in [1.165, 1.54) is 19.5 Å². The number of hydrogen-bond donors (Lipinski definition) is 1. The average Bonchev–Trinajstić information content (AvgIpc) is 2.59. The molecule has 2 aliphatic rings. The lowest BCUT2D eigenvalue weighted by atomic mass is 9.83. The van der Waals surface area contributed by atoms with Crippen LogP contribution in [-0.4, -0.2) is 67.3 Å². The summed E-state index contributed by atoms with van der Waals surface area (Å²) in [5.74, 6) is 0. The third kappa shape index (κ3) is 3.30. The van der Waals surface area contributed by atoms with Gasteiger partial charge in [0.2, 0.25) is 0 Å². The lowest BCUT2D eigenvalue weighted by Crippen LogP contribution is -2.61. The molecule has 2 rings (SSSR count). The molecule has 0 saturated carbocycles. The van der Waals surface area contributed by atoms with Crippen molar-refractivity contribution < 1.29 is 4.74 Å². The zero-order chi connectivity index (χ0) is 13.9. The van der Waals surface area contributed by atoms with Crippen molar-refractivity contribution >= 4 is 0 Å². The second-order valence-corrected chi connectivity index (χ2v) is 6.44. The molecular formula is C15H31N3O. The summed E-state index contributed by atoms with van der Waals surface area (Å²) in [5, 5.41) is 0. The number of rotatable bonds is 3. The van der Waals surface area contributed by atoms with Crippen molar-refractivity contribution in [2.45, 2.75) is 57.2 Å². The van der Waals surface area contributed by atoms with Gasteiger partial charge in [-0.1, -0.05) is 6.92 Å². The first-order valence-electron chi connectivity index (χ1n) is 7.88. The van der Waals surface area contributed by atoms with Crippen LogP contribution in [0.25, 0.3) is 0 Å². The fourth-order valence-electron chi connectivity index (χ4n) is 3.90. The van der Waals surface area contributed by atoms with Crippen molar-refractivity contribution in [3.63, 3.8) is 0 Å². The van der Waals surface area contributed by atoms with Crippen LogP contribution < -0.4 is 5.73 Å². The molecule has 2 fully saturated rings. The normalized spacial score (nSPS) is 39.2. The summed E-state index contributed by atoms with van der Waals surface area (Å²) in [6.07, 6.45) is 4.94. The predicted molar refractivity (Wildman–Crippen MR) is 79.3 cm³/mol. The van der Waals surface area contributed by atoms with Crippen LogP contribution in [0.3, 0.4) is 0 Å². The van der Waals surface area contributed by atoms with Crippen LogP contribution in [0, 0.1) is 0 Å². The van der Waals surface area contributed by atoms with E-state index in [9.17, 15) is 0 Å². The lowest BCUT2D eigenvalue weighted by Gasteiger charge is -2.50. The zero-order valence-corrected chi connectivity index (χ0v) is 12.9. The Morgan fingerprint density at radius 2 is 2.16 bits per heavy atom. The topological polar surface area (TPSA) is 41.7 Å². The highest BCUT2D eigenvalue weighted by atomic mass is 16.5. The van der Waals surface area contributed by atoms with E-state index in [1.807, 2.05) is 0 Å². The highest BCUT2D eigenvalue weighted by molar-refractivity contribution is 4.99. The molecule has 2 N–H and O–H groups in total. The smallest absolute Gasteiger partial charge is 0.0590 e. The van der Waals surface area contributed by atoms with Gasteiger partial charge in [-0.3, -0.25) is 4.90 Å². The minimum absolute atomic E-state index is 0.170. The van der Waals surface area contributed by atoms with Crippen LogP contribution in [0.1, 0.15) is 39.5 Å².